The quantitative estimate of drug-likeness (QED) is 0.709. The van der Waals surface area contributed by atoms with Gasteiger partial charge in [-0.25, -0.2) is 0 Å². The Morgan fingerprint density at radius 1 is 1.44 bits per heavy atom. The SMILES string of the molecule is Cl.N[C@@H]1C[C@@H](C(=O)NCCc2nc(-c3cccnc3)no2)CC[C@H]1O. The zero-order valence-corrected chi connectivity index (χ0v) is 14.5. The van der Waals surface area contributed by atoms with Gasteiger partial charge < -0.3 is 20.7 Å². The molecule has 8 nitrogen and oxygen atoms in total. The van der Waals surface area contributed by atoms with Crippen molar-refractivity contribution in [3.05, 3.63) is 30.4 Å². The minimum Gasteiger partial charge on any atom is -0.392 e. The van der Waals surface area contributed by atoms with Crippen LogP contribution in [0.15, 0.2) is 29.0 Å². The molecule has 1 amide bonds. The smallest absolute Gasteiger partial charge is 0.228 e. The Bertz CT molecular complexity index is 681. The van der Waals surface area contributed by atoms with E-state index in [1.54, 1.807) is 18.5 Å². The molecule has 136 valence electrons. The van der Waals surface area contributed by atoms with Gasteiger partial charge in [-0.2, -0.15) is 4.98 Å². The van der Waals surface area contributed by atoms with Crippen LogP contribution >= 0.6 is 12.4 Å². The van der Waals surface area contributed by atoms with Crippen molar-refractivity contribution in [2.45, 2.75) is 37.8 Å². The van der Waals surface area contributed by atoms with Crippen LogP contribution in [-0.4, -0.2) is 44.8 Å². The first-order valence-electron chi connectivity index (χ1n) is 8.08. The van der Waals surface area contributed by atoms with E-state index in [0.717, 1.165) is 5.56 Å². The first-order valence-corrected chi connectivity index (χ1v) is 8.08. The topological polar surface area (TPSA) is 127 Å². The molecule has 25 heavy (non-hydrogen) atoms. The number of carbonyl (C=O) groups is 1. The summed E-state index contributed by atoms with van der Waals surface area (Å²) in [5.41, 5.74) is 6.60. The van der Waals surface area contributed by atoms with E-state index in [1.807, 2.05) is 6.07 Å². The molecule has 0 bridgehead atoms. The van der Waals surface area contributed by atoms with Crippen molar-refractivity contribution < 1.29 is 14.4 Å². The van der Waals surface area contributed by atoms with Crippen LogP contribution in [0.1, 0.15) is 25.2 Å². The van der Waals surface area contributed by atoms with Crippen LogP contribution in [-0.2, 0) is 11.2 Å². The number of nitrogens with zero attached hydrogens (tertiary/aromatic N) is 3. The van der Waals surface area contributed by atoms with Crippen molar-refractivity contribution in [1.29, 1.82) is 0 Å². The number of aromatic nitrogens is 3. The number of aliphatic hydroxyl groups is 1. The maximum atomic E-state index is 12.1. The van der Waals surface area contributed by atoms with Crippen molar-refractivity contribution in [1.82, 2.24) is 20.4 Å². The van der Waals surface area contributed by atoms with Crippen LogP contribution in [0.25, 0.3) is 11.4 Å². The summed E-state index contributed by atoms with van der Waals surface area (Å²) in [6.45, 7) is 0.418. The van der Waals surface area contributed by atoms with Crippen molar-refractivity contribution in [3.8, 4) is 11.4 Å². The lowest BCUT2D eigenvalue weighted by atomic mass is 9.84. The third-order valence-corrected chi connectivity index (χ3v) is 4.26. The summed E-state index contributed by atoms with van der Waals surface area (Å²) in [7, 11) is 0. The van der Waals surface area contributed by atoms with E-state index in [2.05, 4.69) is 20.4 Å². The summed E-state index contributed by atoms with van der Waals surface area (Å²) in [4.78, 5) is 20.4. The minimum atomic E-state index is -0.502. The van der Waals surface area contributed by atoms with Gasteiger partial charge in [0, 0.05) is 42.9 Å². The molecule has 2 aromatic heterocycles. The van der Waals surface area contributed by atoms with Gasteiger partial charge in [0.2, 0.25) is 17.6 Å². The van der Waals surface area contributed by atoms with Crippen LogP contribution < -0.4 is 11.1 Å². The Kier molecular flexibility index (Phi) is 6.86. The lowest BCUT2D eigenvalue weighted by Crippen LogP contribution is -2.45. The van der Waals surface area contributed by atoms with Gasteiger partial charge in [-0.3, -0.25) is 9.78 Å². The number of pyridine rings is 1. The van der Waals surface area contributed by atoms with Crippen LogP contribution in [0, 0.1) is 5.92 Å². The fraction of sp³-hybridized carbons (Fsp3) is 0.500. The first kappa shape index (κ1) is 19.3. The van der Waals surface area contributed by atoms with Crippen molar-refractivity contribution in [3.63, 3.8) is 0 Å². The lowest BCUT2D eigenvalue weighted by molar-refractivity contribution is -0.126. The van der Waals surface area contributed by atoms with E-state index in [0.29, 0.717) is 43.9 Å². The first-order chi connectivity index (χ1) is 11.6. The number of halogens is 1. The molecule has 4 N–H and O–H groups in total. The number of hydrogen-bond donors (Lipinski definition) is 3. The van der Waals surface area contributed by atoms with Crippen LogP contribution in [0.5, 0.6) is 0 Å². The number of carbonyl (C=O) groups excluding carboxylic acids is 1. The number of rotatable bonds is 5. The Morgan fingerprint density at radius 3 is 3.00 bits per heavy atom. The second kappa shape index (κ2) is 8.89. The largest absolute Gasteiger partial charge is 0.392 e. The third-order valence-electron chi connectivity index (χ3n) is 4.26. The van der Waals surface area contributed by atoms with Crippen LogP contribution in [0.2, 0.25) is 0 Å². The third kappa shape index (κ3) is 4.97. The highest BCUT2D eigenvalue weighted by atomic mass is 35.5. The van der Waals surface area contributed by atoms with Crippen LogP contribution in [0.4, 0.5) is 0 Å². The van der Waals surface area contributed by atoms with E-state index in [4.69, 9.17) is 10.3 Å². The average Bonchev–Trinajstić information content (AvgIpc) is 3.07. The molecule has 3 rings (SSSR count). The van der Waals surface area contributed by atoms with Crippen LogP contribution in [0.3, 0.4) is 0 Å². The van der Waals surface area contributed by atoms with E-state index in [-0.39, 0.29) is 30.3 Å². The van der Waals surface area contributed by atoms with E-state index < -0.39 is 6.10 Å². The molecule has 0 unspecified atom stereocenters. The lowest BCUT2D eigenvalue weighted by Gasteiger charge is -2.29. The molecule has 1 aliphatic rings. The summed E-state index contributed by atoms with van der Waals surface area (Å²) in [5, 5.41) is 16.4. The fourth-order valence-corrected chi connectivity index (χ4v) is 2.83. The molecule has 1 aliphatic carbocycles. The van der Waals surface area contributed by atoms with Gasteiger partial charge in [-0.1, -0.05) is 5.16 Å². The number of nitrogens with one attached hydrogen (secondary N) is 1. The molecule has 2 heterocycles. The molecule has 2 aromatic rings. The molecular formula is C16H22ClN5O3. The molecule has 1 fully saturated rings. The van der Waals surface area contributed by atoms with Gasteiger partial charge >= 0.3 is 0 Å². The van der Waals surface area contributed by atoms with Gasteiger partial charge in [-0.05, 0) is 31.4 Å². The van der Waals surface area contributed by atoms with E-state index in [9.17, 15) is 9.90 Å². The number of aliphatic hydroxyl groups excluding tert-OH is 1. The van der Waals surface area contributed by atoms with Gasteiger partial charge in [-0.15, -0.1) is 12.4 Å². The van der Waals surface area contributed by atoms with Gasteiger partial charge in [0.05, 0.1) is 6.10 Å². The van der Waals surface area contributed by atoms with Crippen molar-refractivity contribution in [2.75, 3.05) is 6.54 Å². The molecule has 0 aromatic carbocycles. The Morgan fingerprint density at radius 2 is 2.28 bits per heavy atom. The summed E-state index contributed by atoms with van der Waals surface area (Å²) in [6.07, 6.45) is 5.04. The van der Waals surface area contributed by atoms with Crippen molar-refractivity contribution in [2.24, 2.45) is 11.7 Å². The molecule has 0 aliphatic heterocycles. The maximum Gasteiger partial charge on any atom is 0.228 e. The standard InChI is InChI=1S/C16H21N5O3.ClH/c17-12-8-10(3-4-13(12)22)16(23)19-7-5-14-20-15(21-24-14)11-2-1-6-18-9-11;/h1-2,6,9-10,12-13,22H,3-5,7-8,17H2,(H,19,23);1H/t10-,12+,13+;/m0./s1. The fourth-order valence-electron chi connectivity index (χ4n) is 2.83. The Hall–Kier alpha value is -2.03. The normalized spacial score (nSPS) is 22.9. The zero-order chi connectivity index (χ0) is 16.9. The van der Waals surface area contributed by atoms with E-state index in [1.165, 1.54) is 0 Å². The molecule has 3 atom stereocenters. The maximum absolute atomic E-state index is 12.1. The molecule has 0 radical (unpaired) electrons. The van der Waals surface area contributed by atoms with Crippen molar-refractivity contribution >= 4 is 18.3 Å². The number of nitrogens with two attached hydrogens (primary N) is 1. The van der Waals surface area contributed by atoms with Gasteiger partial charge in [0.25, 0.3) is 0 Å². The Balaban J connectivity index is 0.00000225. The summed E-state index contributed by atoms with van der Waals surface area (Å²) >= 11 is 0. The average molecular weight is 368 g/mol. The highest BCUT2D eigenvalue weighted by Crippen LogP contribution is 2.23. The molecule has 1 saturated carbocycles. The second-order valence-corrected chi connectivity index (χ2v) is 6.04. The van der Waals surface area contributed by atoms with Gasteiger partial charge in [0.1, 0.15) is 0 Å². The predicted octanol–water partition coefficient (Wildman–Crippen LogP) is 0.700. The molecule has 0 spiro atoms. The molecule has 9 heteroatoms. The monoisotopic (exact) mass is 367 g/mol. The highest BCUT2D eigenvalue weighted by molar-refractivity contribution is 5.85. The summed E-state index contributed by atoms with van der Waals surface area (Å²) < 4.78 is 5.18. The number of amides is 1. The molecule has 0 saturated heterocycles. The van der Waals surface area contributed by atoms with Gasteiger partial charge in [0.15, 0.2) is 0 Å². The zero-order valence-electron chi connectivity index (χ0n) is 13.7. The Labute approximate surface area is 151 Å². The predicted molar refractivity (Wildman–Crippen MR) is 92.8 cm³/mol. The minimum absolute atomic E-state index is 0. The highest BCUT2D eigenvalue weighted by Gasteiger charge is 2.30. The molecular weight excluding hydrogens is 346 g/mol. The second-order valence-electron chi connectivity index (χ2n) is 6.04. The van der Waals surface area contributed by atoms with E-state index >= 15 is 0 Å². The number of hydrogen-bond acceptors (Lipinski definition) is 7. The summed E-state index contributed by atoms with van der Waals surface area (Å²) in [5.74, 6) is 0.767. The summed E-state index contributed by atoms with van der Waals surface area (Å²) in [6, 6.07) is 3.33.